The third-order valence-corrected chi connectivity index (χ3v) is 6.49. The van der Waals surface area contributed by atoms with Crippen molar-refractivity contribution >= 4 is 57.2 Å². The summed E-state index contributed by atoms with van der Waals surface area (Å²) in [4.78, 5) is 8.08. The van der Waals surface area contributed by atoms with Gasteiger partial charge in [-0.2, -0.15) is 0 Å². The van der Waals surface area contributed by atoms with Crippen molar-refractivity contribution in [2.75, 3.05) is 33.4 Å². The summed E-state index contributed by atoms with van der Waals surface area (Å²) in [5.74, 6) is 0.985. The van der Waals surface area contributed by atoms with Crippen LogP contribution >= 0.6 is 51.2 Å². The highest BCUT2D eigenvalue weighted by molar-refractivity contribution is 14.0. The number of hydrogen-bond donors (Lipinski definition) is 1. The molecule has 0 saturated carbocycles. The molecule has 0 aromatic carbocycles. The summed E-state index contributed by atoms with van der Waals surface area (Å²) < 4.78 is 13.0. The lowest BCUT2D eigenvalue weighted by Gasteiger charge is -2.35. The van der Waals surface area contributed by atoms with Gasteiger partial charge in [0.25, 0.3) is 0 Å². The fraction of sp³-hybridized carbons (Fsp3) is 0.722. The standard InChI is InChI=1S/C18H28BrN3O2S.HI/c1-20-18(21-11-17-10-14(19)13-25-17)22-7-5-15(6-8-22)24-12-16-4-2-3-9-23-16;/h10,13,15-16H,2-9,11-12H2,1H3,(H,20,21);1H. The molecule has 2 saturated heterocycles. The van der Waals surface area contributed by atoms with Crippen LogP contribution in [0.2, 0.25) is 0 Å². The van der Waals surface area contributed by atoms with Crippen molar-refractivity contribution in [3.05, 3.63) is 20.8 Å². The maximum atomic E-state index is 6.10. The zero-order valence-corrected chi connectivity index (χ0v) is 20.0. The van der Waals surface area contributed by atoms with Crippen molar-refractivity contribution in [1.82, 2.24) is 10.2 Å². The molecule has 0 radical (unpaired) electrons. The molecule has 2 aliphatic rings. The van der Waals surface area contributed by atoms with Gasteiger partial charge in [0.05, 0.1) is 25.4 Å². The van der Waals surface area contributed by atoms with E-state index in [2.05, 4.69) is 42.6 Å². The van der Waals surface area contributed by atoms with E-state index in [0.29, 0.717) is 12.2 Å². The van der Waals surface area contributed by atoms with Gasteiger partial charge in [-0.25, -0.2) is 0 Å². The Morgan fingerprint density at radius 1 is 1.38 bits per heavy atom. The van der Waals surface area contributed by atoms with Crippen LogP contribution in [0.1, 0.15) is 37.0 Å². The van der Waals surface area contributed by atoms with E-state index < -0.39 is 0 Å². The summed E-state index contributed by atoms with van der Waals surface area (Å²) >= 11 is 5.26. The van der Waals surface area contributed by atoms with E-state index in [9.17, 15) is 0 Å². The first-order chi connectivity index (χ1) is 12.2. The van der Waals surface area contributed by atoms with Gasteiger partial charge in [0.2, 0.25) is 0 Å². The highest BCUT2D eigenvalue weighted by Crippen LogP contribution is 2.20. The highest BCUT2D eigenvalue weighted by Gasteiger charge is 2.23. The van der Waals surface area contributed by atoms with Crippen molar-refractivity contribution < 1.29 is 9.47 Å². The Bertz CT molecular complexity index is 558. The van der Waals surface area contributed by atoms with Crippen molar-refractivity contribution in [1.29, 1.82) is 0 Å². The summed E-state index contributed by atoms with van der Waals surface area (Å²) in [6.07, 6.45) is 6.39. The van der Waals surface area contributed by atoms with E-state index in [1.165, 1.54) is 17.7 Å². The molecule has 3 heterocycles. The Labute approximate surface area is 186 Å². The van der Waals surface area contributed by atoms with Crippen LogP contribution in [0.3, 0.4) is 0 Å². The molecule has 148 valence electrons. The Balaban J connectivity index is 0.00000243. The normalized spacial score (nSPS) is 22.2. The number of nitrogens with one attached hydrogen (secondary N) is 1. The maximum Gasteiger partial charge on any atom is 0.193 e. The molecule has 1 atom stereocenters. The van der Waals surface area contributed by atoms with Crippen LogP contribution < -0.4 is 5.32 Å². The first-order valence-electron chi connectivity index (χ1n) is 9.16. The van der Waals surface area contributed by atoms with E-state index in [1.54, 1.807) is 11.3 Å². The fourth-order valence-corrected chi connectivity index (χ4v) is 4.75. The lowest BCUT2D eigenvalue weighted by atomic mass is 10.1. The molecule has 0 aliphatic carbocycles. The minimum Gasteiger partial charge on any atom is -0.376 e. The van der Waals surface area contributed by atoms with Crippen LogP contribution in [0.25, 0.3) is 0 Å². The molecule has 1 aromatic heterocycles. The quantitative estimate of drug-likeness (QED) is 0.334. The molecule has 2 fully saturated rings. The first kappa shape index (κ1) is 22.4. The van der Waals surface area contributed by atoms with Gasteiger partial charge in [0.1, 0.15) is 0 Å². The molecule has 1 N–H and O–H groups in total. The van der Waals surface area contributed by atoms with Gasteiger partial charge in [0, 0.05) is 41.5 Å². The van der Waals surface area contributed by atoms with Gasteiger partial charge in [-0.15, -0.1) is 35.3 Å². The van der Waals surface area contributed by atoms with Crippen LogP contribution in [0, 0.1) is 0 Å². The van der Waals surface area contributed by atoms with Gasteiger partial charge in [-0.1, -0.05) is 0 Å². The number of nitrogens with zero attached hydrogens (tertiary/aromatic N) is 2. The molecule has 0 spiro atoms. The van der Waals surface area contributed by atoms with Gasteiger partial charge in [-0.3, -0.25) is 4.99 Å². The van der Waals surface area contributed by atoms with Crippen LogP contribution in [0.15, 0.2) is 20.9 Å². The smallest absolute Gasteiger partial charge is 0.193 e. The van der Waals surface area contributed by atoms with Gasteiger partial charge in [-0.05, 0) is 54.1 Å². The number of guanidine groups is 1. The number of rotatable bonds is 5. The van der Waals surface area contributed by atoms with Crippen molar-refractivity contribution in [3.63, 3.8) is 0 Å². The van der Waals surface area contributed by atoms with E-state index in [1.807, 2.05) is 7.05 Å². The number of hydrogen-bond acceptors (Lipinski definition) is 4. The summed E-state index contributed by atoms with van der Waals surface area (Å²) in [7, 11) is 1.86. The number of likely N-dealkylation sites (tertiary alicyclic amines) is 1. The SMILES string of the molecule is CN=C(NCc1cc(Br)cs1)N1CCC(OCC2CCCCO2)CC1.I. The zero-order chi connectivity index (χ0) is 17.5. The molecule has 1 aromatic rings. The lowest BCUT2D eigenvalue weighted by molar-refractivity contribution is -0.0721. The van der Waals surface area contributed by atoms with Crippen molar-refractivity contribution in [3.8, 4) is 0 Å². The van der Waals surface area contributed by atoms with Crippen molar-refractivity contribution in [2.24, 2.45) is 4.99 Å². The number of ether oxygens (including phenoxy) is 2. The molecule has 8 heteroatoms. The van der Waals surface area contributed by atoms with Crippen LogP contribution in [0.4, 0.5) is 0 Å². The number of thiophene rings is 1. The topological polar surface area (TPSA) is 46.1 Å². The molecule has 3 rings (SSSR count). The van der Waals surface area contributed by atoms with E-state index in [-0.39, 0.29) is 24.0 Å². The summed E-state index contributed by atoms with van der Waals surface area (Å²) in [6.45, 7) is 4.45. The molecule has 1 unspecified atom stereocenters. The molecular weight excluding hydrogens is 529 g/mol. The van der Waals surface area contributed by atoms with Gasteiger partial charge in [0.15, 0.2) is 5.96 Å². The Morgan fingerprint density at radius 2 is 2.19 bits per heavy atom. The molecule has 26 heavy (non-hydrogen) atoms. The third kappa shape index (κ3) is 6.92. The second-order valence-corrected chi connectivity index (χ2v) is 8.55. The summed E-state index contributed by atoms with van der Waals surface area (Å²) in [5, 5.41) is 5.58. The van der Waals surface area contributed by atoms with Gasteiger partial charge < -0.3 is 19.7 Å². The minimum atomic E-state index is 0. The summed E-state index contributed by atoms with van der Waals surface area (Å²) in [6, 6.07) is 2.15. The second kappa shape index (κ2) is 11.8. The zero-order valence-electron chi connectivity index (χ0n) is 15.3. The van der Waals surface area contributed by atoms with Crippen LogP contribution in [-0.2, 0) is 16.0 Å². The second-order valence-electron chi connectivity index (χ2n) is 6.64. The van der Waals surface area contributed by atoms with Crippen LogP contribution in [0.5, 0.6) is 0 Å². The Morgan fingerprint density at radius 3 is 2.81 bits per heavy atom. The monoisotopic (exact) mass is 557 g/mol. The Hall–Kier alpha value is 0.1000. The Kier molecular flexibility index (Phi) is 10.2. The summed E-state index contributed by atoms with van der Waals surface area (Å²) in [5.41, 5.74) is 0. The molecule has 0 amide bonds. The van der Waals surface area contributed by atoms with Crippen LogP contribution in [-0.4, -0.2) is 56.4 Å². The van der Waals surface area contributed by atoms with Crippen molar-refractivity contribution in [2.45, 2.75) is 50.9 Å². The minimum absolute atomic E-state index is 0. The average molecular weight is 558 g/mol. The number of aliphatic imine (C=N–C) groups is 1. The fourth-order valence-electron chi connectivity index (χ4n) is 3.36. The average Bonchev–Trinajstić information content (AvgIpc) is 3.07. The molecule has 5 nitrogen and oxygen atoms in total. The molecule has 2 aliphatic heterocycles. The first-order valence-corrected chi connectivity index (χ1v) is 10.8. The number of halogens is 2. The lowest BCUT2D eigenvalue weighted by Crippen LogP contribution is -2.47. The third-order valence-electron chi connectivity index (χ3n) is 4.79. The largest absolute Gasteiger partial charge is 0.376 e. The molecular formula is C18H29BrIN3O2S. The van der Waals surface area contributed by atoms with Gasteiger partial charge >= 0.3 is 0 Å². The predicted octanol–water partition coefficient (Wildman–Crippen LogP) is 4.25. The molecule has 0 bridgehead atoms. The van der Waals surface area contributed by atoms with E-state index in [0.717, 1.165) is 62.5 Å². The number of piperidine rings is 1. The van der Waals surface area contributed by atoms with E-state index >= 15 is 0 Å². The van der Waals surface area contributed by atoms with E-state index in [4.69, 9.17) is 9.47 Å². The maximum absolute atomic E-state index is 6.10. The highest BCUT2D eigenvalue weighted by atomic mass is 127. The predicted molar refractivity (Wildman–Crippen MR) is 122 cm³/mol.